The number of Topliss-reactive ketones (excluding diaryl/α,β-unsaturated/α-hetero) is 1. The number of hydrogen-bond acceptors (Lipinski definition) is 7. The maximum atomic E-state index is 13.6. The molecule has 39 heavy (non-hydrogen) atoms. The molecule has 0 spiro atoms. The number of fused-ring (bicyclic) bond motifs is 1. The molecule has 10 heteroatoms. The molecule has 3 aromatic rings. The number of halogens is 2. The molecule has 0 aliphatic carbocycles. The lowest BCUT2D eigenvalue weighted by Crippen LogP contribution is -2.29. The number of anilines is 1. The number of carbonyl (C=O) groups is 2. The Labute approximate surface area is 235 Å². The first-order valence-corrected chi connectivity index (χ1v) is 13.0. The van der Waals surface area contributed by atoms with E-state index in [0.717, 1.165) is 12.0 Å². The third-order valence-corrected chi connectivity index (χ3v) is 7.37. The predicted octanol–water partition coefficient (Wildman–Crippen LogP) is 5.97. The summed E-state index contributed by atoms with van der Waals surface area (Å²) in [5, 5.41) is 11.7. The van der Waals surface area contributed by atoms with Crippen LogP contribution in [0.2, 0.25) is 10.0 Å². The van der Waals surface area contributed by atoms with Gasteiger partial charge >= 0.3 is 0 Å². The number of aliphatic hydroxyl groups is 1. The van der Waals surface area contributed by atoms with Gasteiger partial charge in [-0.25, -0.2) is 0 Å². The maximum Gasteiger partial charge on any atom is 0.300 e. The van der Waals surface area contributed by atoms with E-state index in [1.54, 1.807) is 18.2 Å². The quantitative estimate of drug-likeness (QED) is 0.222. The van der Waals surface area contributed by atoms with Crippen molar-refractivity contribution in [2.24, 2.45) is 0 Å². The standard InChI is InChI=1S/C29H25Cl2NO7/c1-4-15-5-7-16(8-6-15)24-22(25(33)18-14-19(30)28(37-3)23(31)27(18)36-2)26(34)29(35)32(24)17-9-10-20-21(13-17)39-12-11-38-20/h5-10,13-14,24,33H,4,11-12H2,1-3H3/b25-22+. The van der Waals surface area contributed by atoms with Crippen molar-refractivity contribution >= 4 is 46.3 Å². The molecule has 1 saturated heterocycles. The van der Waals surface area contributed by atoms with Gasteiger partial charge in [-0.1, -0.05) is 54.4 Å². The van der Waals surface area contributed by atoms with Crippen molar-refractivity contribution in [3.05, 3.63) is 80.8 Å². The van der Waals surface area contributed by atoms with Crippen molar-refractivity contribution < 1.29 is 33.6 Å². The summed E-state index contributed by atoms with van der Waals surface area (Å²) in [5.41, 5.74) is 2.00. The van der Waals surface area contributed by atoms with Crippen LogP contribution in [0.3, 0.4) is 0 Å². The lowest BCUT2D eigenvalue weighted by atomic mass is 9.94. The Morgan fingerprint density at radius 1 is 0.974 bits per heavy atom. The van der Waals surface area contributed by atoms with Crippen molar-refractivity contribution in [1.29, 1.82) is 0 Å². The van der Waals surface area contributed by atoms with Crippen molar-refractivity contribution in [3.8, 4) is 23.0 Å². The highest BCUT2D eigenvalue weighted by Gasteiger charge is 2.47. The second kappa shape index (κ2) is 10.7. The molecule has 0 radical (unpaired) electrons. The van der Waals surface area contributed by atoms with Crippen LogP contribution >= 0.6 is 23.2 Å². The van der Waals surface area contributed by atoms with Gasteiger partial charge in [-0.05, 0) is 35.7 Å². The van der Waals surface area contributed by atoms with Gasteiger partial charge in [0, 0.05) is 11.8 Å². The lowest BCUT2D eigenvalue weighted by Gasteiger charge is -2.27. The van der Waals surface area contributed by atoms with E-state index in [-0.39, 0.29) is 32.7 Å². The number of rotatable bonds is 6. The summed E-state index contributed by atoms with van der Waals surface area (Å²) in [7, 11) is 2.75. The lowest BCUT2D eigenvalue weighted by molar-refractivity contribution is -0.132. The molecule has 0 bridgehead atoms. The molecule has 5 rings (SSSR count). The Kier molecular flexibility index (Phi) is 7.34. The second-order valence-corrected chi connectivity index (χ2v) is 9.66. The van der Waals surface area contributed by atoms with Crippen LogP contribution in [0.25, 0.3) is 5.76 Å². The first-order chi connectivity index (χ1) is 18.8. The molecule has 1 atom stereocenters. The number of methoxy groups -OCH3 is 2. The molecule has 2 aliphatic rings. The third-order valence-electron chi connectivity index (χ3n) is 6.75. The van der Waals surface area contributed by atoms with Gasteiger partial charge < -0.3 is 24.1 Å². The predicted molar refractivity (Wildman–Crippen MR) is 148 cm³/mol. The maximum absolute atomic E-state index is 13.6. The van der Waals surface area contributed by atoms with E-state index in [2.05, 4.69) is 0 Å². The van der Waals surface area contributed by atoms with Crippen molar-refractivity contribution in [2.45, 2.75) is 19.4 Å². The van der Waals surface area contributed by atoms with Gasteiger partial charge in [0.1, 0.15) is 24.0 Å². The smallest absolute Gasteiger partial charge is 0.300 e. The highest BCUT2D eigenvalue weighted by Crippen LogP contribution is 2.48. The Hall–Kier alpha value is -3.88. The molecular weight excluding hydrogens is 545 g/mol. The molecule has 1 fully saturated rings. The Balaban J connectivity index is 1.74. The number of benzene rings is 3. The zero-order valence-electron chi connectivity index (χ0n) is 21.4. The topological polar surface area (TPSA) is 94.5 Å². The molecular formula is C29H25Cl2NO7. The molecule has 2 heterocycles. The number of aryl methyl sites for hydroxylation is 1. The third kappa shape index (κ3) is 4.53. The number of ketones is 1. The highest BCUT2D eigenvalue weighted by atomic mass is 35.5. The number of carbonyl (C=O) groups excluding carboxylic acids is 2. The molecule has 1 amide bonds. The van der Waals surface area contributed by atoms with Gasteiger partial charge in [0.2, 0.25) is 0 Å². The van der Waals surface area contributed by atoms with Crippen LogP contribution in [0.15, 0.2) is 54.1 Å². The molecule has 0 aromatic heterocycles. The summed E-state index contributed by atoms with van der Waals surface area (Å²) in [6.07, 6.45) is 0.808. The summed E-state index contributed by atoms with van der Waals surface area (Å²) in [5.74, 6) is -0.995. The van der Waals surface area contributed by atoms with E-state index in [0.29, 0.717) is 36.0 Å². The van der Waals surface area contributed by atoms with E-state index < -0.39 is 23.5 Å². The van der Waals surface area contributed by atoms with Gasteiger partial charge in [-0.2, -0.15) is 0 Å². The van der Waals surface area contributed by atoms with E-state index >= 15 is 0 Å². The second-order valence-electron chi connectivity index (χ2n) is 8.88. The monoisotopic (exact) mass is 569 g/mol. The van der Waals surface area contributed by atoms with Crippen LogP contribution in [-0.2, 0) is 16.0 Å². The minimum atomic E-state index is -0.970. The van der Waals surface area contributed by atoms with E-state index in [1.165, 1.54) is 25.2 Å². The molecule has 0 saturated carbocycles. The Morgan fingerprint density at radius 3 is 2.28 bits per heavy atom. The first kappa shape index (κ1) is 26.7. The van der Waals surface area contributed by atoms with E-state index in [9.17, 15) is 14.7 Å². The van der Waals surface area contributed by atoms with Crippen molar-refractivity contribution in [2.75, 3.05) is 32.3 Å². The summed E-state index contributed by atoms with van der Waals surface area (Å²) in [4.78, 5) is 28.5. The fourth-order valence-electron chi connectivity index (χ4n) is 4.82. The van der Waals surface area contributed by atoms with Gasteiger partial charge in [0.25, 0.3) is 11.7 Å². The number of aliphatic hydroxyl groups excluding tert-OH is 1. The molecule has 202 valence electrons. The number of nitrogens with zero attached hydrogens (tertiary/aromatic N) is 1. The largest absolute Gasteiger partial charge is 0.507 e. The number of ether oxygens (including phenoxy) is 4. The summed E-state index contributed by atoms with van der Waals surface area (Å²) >= 11 is 12.8. The summed E-state index contributed by atoms with van der Waals surface area (Å²) in [6, 6.07) is 12.9. The summed E-state index contributed by atoms with van der Waals surface area (Å²) in [6.45, 7) is 2.80. The van der Waals surface area contributed by atoms with Gasteiger partial charge in [-0.15, -0.1) is 0 Å². The minimum Gasteiger partial charge on any atom is -0.507 e. The Morgan fingerprint density at radius 2 is 1.64 bits per heavy atom. The SMILES string of the molecule is CCc1ccc(C2/C(=C(\O)c3cc(Cl)c(OC)c(Cl)c3OC)C(=O)C(=O)N2c2ccc3c(c2)OCCO3)cc1. The van der Waals surface area contributed by atoms with Crippen LogP contribution in [0.1, 0.15) is 29.7 Å². The molecule has 1 unspecified atom stereocenters. The molecule has 1 N–H and O–H groups in total. The fraction of sp³-hybridized carbons (Fsp3) is 0.241. The Bertz CT molecular complexity index is 1500. The summed E-state index contributed by atoms with van der Waals surface area (Å²) < 4.78 is 22.0. The van der Waals surface area contributed by atoms with Crippen LogP contribution in [0, 0.1) is 0 Å². The van der Waals surface area contributed by atoms with Crippen LogP contribution < -0.4 is 23.8 Å². The van der Waals surface area contributed by atoms with Crippen LogP contribution in [0.4, 0.5) is 5.69 Å². The molecule has 8 nitrogen and oxygen atoms in total. The zero-order chi connectivity index (χ0) is 27.8. The number of hydrogen-bond donors (Lipinski definition) is 1. The van der Waals surface area contributed by atoms with Crippen LogP contribution in [-0.4, -0.2) is 44.2 Å². The minimum absolute atomic E-state index is 0.0129. The number of amides is 1. The van der Waals surface area contributed by atoms with E-state index in [4.69, 9.17) is 42.1 Å². The average molecular weight is 570 g/mol. The first-order valence-electron chi connectivity index (χ1n) is 12.2. The van der Waals surface area contributed by atoms with Gasteiger partial charge in [-0.3, -0.25) is 14.5 Å². The van der Waals surface area contributed by atoms with Gasteiger partial charge in [0.15, 0.2) is 23.0 Å². The normalized spacial score (nSPS) is 17.9. The van der Waals surface area contributed by atoms with Crippen molar-refractivity contribution in [1.82, 2.24) is 0 Å². The van der Waals surface area contributed by atoms with Gasteiger partial charge in [0.05, 0.1) is 36.4 Å². The molecule has 2 aliphatic heterocycles. The zero-order valence-corrected chi connectivity index (χ0v) is 22.9. The van der Waals surface area contributed by atoms with Crippen molar-refractivity contribution in [3.63, 3.8) is 0 Å². The average Bonchev–Trinajstić information content (AvgIpc) is 3.22. The van der Waals surface area contributed by atoms with E-state index in [1.807, 2.05) is 31.2 Å². The fourth-order valence-corrected chi connectivity index (χ4v) is 5.51. The molecule has 3 aromatic carbocycles. The van der Waals surface area contributed by atoms with Crippen LogP contribution in [0.5, 0.6) is 23.0 Å². The highest BCUT2D eigenvalue weighted by molar-refractivity contribution is 6.52.